The molecule has 4 rings (SSSR count). The molecule has 2 amide bonds. The van der Waals surface area contributed by atoms with E-state index >= 15 is 0 Å². The van der Waals surface area contributed by atoms with Gasteiger partial charge in [0.05, 0.1) is 0 Å². The average molecular weight is 381 g/mol. The number of carbonyl (C=O) groups excluding carboxylic acids is 2. The van der Waals surface area contributed by atoms with Crippen molar-refractivity contribution in [3.05, 3.63) is 47.8 Å². The van der Waals surface area contributed by atoms with Gasteiger partial charge in [-0.2, -0.15) is 0 Å². The van der Waals surface area contributed by atoms with Crippen LogP contribution >= 0.6 is 0 Å². The molecule has 1 unspecified atom stereocenters. The first-order valence-electron chi connectivity index (χ1n) is 9.56. The fourth-order valence-electron chi connectivity index (χ4n) is 3.55. The largest absolute Gasteiger partial charge is 0.486 e. The maximum atomic E-state index is 12.7. The number of carbonyl (C=O) groups is 2. The minimum atomic E-state index is -0.305. The molecule has 7 nitrogen and oxygen atoms in total. The van der Waals surface area contributed by atoms with Crippen LogP contribution in [0.5, 0.6) is 11.5 Å². The SMILES string of the molecule is CC1CCCN(C(=O)c2cc(C(=O)Nc3ccc4c(c3)OCCO4)ccn2)C1. The van der Waals surface area contributed by atoms with E-state index in [-0.39, 0.29) is 11.8 Å². The number of nitrogens with zero attached hydrogens (tertiary/aromatic N) is 2. The second-order valence-corrected chi connectivity index (χ2v) is 7.24. The lowest BCUT2D eigenvalue weighted by molar-refractivity contribution is 0.0677. The van der Waals surface area contributed by atoms with E-state index in [0.717, 1.165) is 25.9 Å². The Kier molecular flexibility index (Phi) is 5.14. The van der Waals surface area contributed by atoms with Gasteiger partial charge in [-0.15, -0.1) is 0 Å². The van der Waals surface area contributed by atoms with E-state index in [2.05, 4.69) is 17.2 Å². The molecule has 1 aromatic heterocycles. The van der Waals surface area contributed by atoms with Gasteiger partial charge in [0, 0.05) is 36.6 Å². The molecule has 2 aliphatic heterocycles. The van der Waals surface area contributed by atoms with Crippen LogP contribution in [0.3, 0.4) is 0 Å². The summed E-state index contributed by atoms with van der Waals surface area (Å²) in [6, 6.07) is 8.41. The highest BCUT2D eigenvalue weighted by molar-refractivity contribution is 6.05. The van der Waals surface area contributed by atoms with Crippen molar-refractivity contribution in [1.29, 1.82) is 0 Å². The van der Waals surface area contributed by atoms with Gasteiger partial charge < -0.3 is 19.7 Å². The zero-order valence-electron chi connectivity index (χ0n) is 15.8. The fraction of sp³-hybridized carbons (Fsp3) is 0.381. The molecule has 0 spiro atoms. The number of piperidine rings is 1. The van der Waals surface area contributed by atoms with Crippen LogP contribution in [-0.4, -0.2) is 48.0 Å². The predicted molar refractivity (Wildman–Crippen MR) is 104 cm³/mol. The van der Waals surface area contributed by atoms with E-state index in [1.807, 2.05) is 4.90 Å². The Labute approximate surface area is 163 Å². The molecule has 2 aromatic rings. The van der Waals surface area contributed by atoms with E-state index in [0.29, 0.717) is 47.6 Å². The summed E-state index contributed by atoms with van der Waals surface area (Å²) in [5.74, 6) is 1.32. The molecule has 1 saturated heterocycles. The number of aromatic nitrogens is 1. The Balaban J connectivity index is 1.48. The molecule has 0 aliphatic carbocycles. The summed E-state index contributed by atoms with van der Waals surface area (Å²) in [6.07, 6.45) is 3.63. The van der Waals surface area contributed by atoms with Gasteiger partial charge in [-0.25, -0.2) is 0 Å². The number of hydrogen-bond acceptors (Lipinski definition) is 5. The smallest absolute Gasteiger partial charge is 0.272 e. The van der Waals surface area contributed by atoms with Gasteiger partial charge in [0.15, 0.2) is 11.5 Å². The summed E-state index contributed by atoms with van der Waals surface area (Å²) in [5, 5.41) is 2.83. The molecular formula is C21H23N3O4. The summed E-state index contributed by atoms with van der Waals surface area (Å²) >= 11 is 0. The van der Waals surface area contributed by atoms with E-state index in [4.69, 9.17) is 9.47 Å². The number of benzene rings is 1. The first kappa shape index (κ1) is 18.3. The van der Waals surface area contributed by atoms with Gasteiger partial charge in [0.2, 0.25) is 0 Å². The first-order valence-corrected chi connectivity index (χ1v) is 9.56. The molecule has 0 radical (unpaired) electrons. The number of rotatable bonds is 3. The summed E-state index contributed by atoms with van der Waals surface area (Å²) in [6.45, 7) is 4.61. The number of likely N-dealkylation sites (tertiary alicyclic amines) is 1. The minimum absolute atomic E-state index is 0.125. The Hall–Kier alpha value is -3.09. The van der Waals surface area contributed by atoms with Gasteiger partial charge in [0.25, 0.3) is 11.8 Å². The van der Waals surface area contributed by atoms with Crippen molar-refractivity contribution in [3.63, 3.8) is 0 Å². The zero-order valence-corrected chi connectivity index (χ0v) is 15.8. The molecule has 1 fully saturated rings. The maximum Gasteiger partial charge on any atom is 0.272 e. The number of anilines is 1. The summed E-state index contributed by atoms with van der Waals surface area (Å²) < 4.78 is 11.0. The van der Waals surface area contributed by atoms with Crippen molar-refractivity contribution in [1.82, 2.24) is 9.88 Å². The third kappa shape index (κ3) is 3.93. The third-order valence-corrected chi connectivity index (χ3v) is 4.99. The average Bonchev–Trinajstić information content (AvgIpc) is 2.73. The van der Waals surface area contributed by atoms with Crippen LogP contribution in [0.4, 0.5) is 5.69 Å². The van der Waals surface area contributed by atoms with Gasteiger partial charge in [-0.1, -0.05) is 6.92 Å². The quantitative estimate of drug-likeness (QED) is 0.884. The Morgan fingerprint density at radius 2 is 1.96 bits per heavy atom. The van der Waals surface area contributed by atoms with Gasteiger partial charge in [-0.05, 0) is 43.0 Å². The normalized spacial score (nSPS) is 18.5. The lowest BCUT2D eigenvalue weighted by Crippen LogP contribution is -2.39. The topological polar surface area (TPSA) is 80.8 Å². The number of hydrogen-bond donors (Lipinski definition) is 1. The molecule has 3 heterocycles. The molecule has 1 aromatic carbocycles. The Bertz CT molecular complexity index is 899. The summed E-state index contributed by atoms with van der Waals surface area (Å²) in [5.41, 5.74) is 1.28. The van der Waals surface area contributed by atoms with E-state index < -0.39 is 0 Å². The predicted octanol–water partition coefficient (Wildman–Crippen LogP) is 2.98. The van der Waals surface area contributed by atoms with Crippen molar-refractivity contribution in [3.8, 4) is 11.5 Å². The van der Waals surface area contributed by atoms with Crippen LogP contribution in [0.15, 0.2) is 36.5 Å². The van der Waals surface area contributed by atoms with Crippen LogP contribution in [0.1, 0.15) is 40.6 Å². The molecule has 0 saturated carbocycles. The summed E-state index contributed by atoms with van der Waals surface area (Å²) in [4.78, 5) is 31.4. The van der Waals surface area contributed by atoms with Crippen LogP contribution in [0.2, 0.25) is 0 Å². The molecule has 1 atom stereocenters. The lowest BCUT2D eigenvalue weighted by Gasteiger charge is -2.30. The fourth-order valence-corrected chi connectivity index (χ4v) is 3.55. The molecular weight excluding hydrogens is 358 g/mol. The van der Waals surface area contributed by atoms with Crippen molar-refractivity contribution < 1.29 is 19.1 Å². The Morgan fingerprint density at radius 1 is 1.14 bits per heavy atom. The minimum Gasteiger partial charge on any atom is -0.486 e. The summed E-state index contributed by atoms with van der Waals surface area (Å²) in [7, 11) is 0. The number of ether oxygens (including phenoxy) is 2. The van der Waals surface area contributed by atoms with Gasteiger partial charge in [-0.3, -0.25) is 14.6 Å². The van der Waals surface area contributed by atoms with Crippen molar-refractivity contribution in [2.45, 2.75) is 19.8 Å². The van der Waals surface area contributed by atoms with E-state index in [1.54, 1.807) is 30.3 Å². The molecule has 1 N–H and O–H groups in total. The molecule has 2 aliphatic rings. The number of amides is 2. The molecule has 7 heteroatoms. The Morgan fingerprint density at radius 3 is 2.79 bits per heavy atom. The number of fused-ring (bicyclic) bond motifs is 1. The highest BCUT2D eigenvalue weighted by Crippen LogP contribution is 2.32. The molecule has 28 heavy (non-hydrogen) atoms. The first-order chi connectivity index (χ1) is 13.6. The highest BCUT2D eigenvalue weighted by atomic mass is 16.6. The number of pyridine rings is 1. The molecule has 146 valence electrons. The van der Waals surface area contributed by atoms with E-state index in [1.165, 1.54) is 6.20 Å². The van der Waals surface area contributed by atoms with Crippen LogP contribution in [0.25, 0.3) is 0 Å². The highest BCUT2D eigenvalue weighted by Gasteiger charge is 2.23. The van der Waals surface area contributed by atoms with Gasteiger partial charge >= 0.3 is 0 Å². The third-order valence-electron chi connectivity index (χ3n) is 4.99. The van der Waals surface area contributed by atoms with E-state index in [9.17, 15) is 9.59 Å². The van der Waals surface area contributed by atoms with Gasteiger partial charge in [0.1, 0.15) is 18.9 Å². The number of nitrogens with one attached hydrogen (secondary N) is 1. The zero-order chi connectivity index (χ0) is 19.5. The second kappa shape index (κ2) is 7.88. The van der Waals surface area contributed by atoms with Crippen molar-refractivity contribution >= 4 is 17.5 Å². The lowest BCUT2D eigenvalue weighted by atomic mass is 10.00. The maximum absolute atomic E-state index is 12.7. The van der Waals surface area contributed by atoms with Crippen LogP contribution in [0, 0.1) is 5.92 Å². The molecule has 0 bridgehead atoms. The van der Waals surface area contributed by atoms with Crippen LogP contribution < -0.4 is 14.8 Å². The van der Waals surface area contributed by atoms with Crippen molar-refractivity contribution in [2.75, 3.05) is 31.6 Å². The van der Waals surface area contributed by atoms with Crippen molar-refractivity contribution in [2.24, 2.45) is 5.92 Å². The van der Waals surface area contributed by atoms with Crippen LogP contribution in [-0.2, 0) is 0 Å². The second-order valence-electron chi connectivity index (χ2n) is 7.24. The monoisotopic (exact) mass is 381 g/mol. The standard InChI is InChI=1S/C21H23N3O4/c1-14-3-2-8-24(13-14)21(26)17-11-15(6-7-22-17)20(25)23-16-4-5-18-19(12-16)28-10-9-27-18/h4-7,11-12,14H,2-3,8-10,13H2,1H3,(H,23,25).